The summed E-state index contributed by atoms with van der Waals surface area (Å²) in [7, 11) is -2.35. The van der Waals surface area contributed by atoms with Crippen LogP contribution in [0.3, 0.4) is 0 Å². The minimum absolute atomic E-state index is 0.0198. The number of hydrogen-bond donors (Lipinski definition) is 2. The van der Waals surface area contributed by atoms with Crippen LogP contribution < -0.4 is 10.5 Å². The number of anilines is 2. The van der Waals surface area contributed by atoms with Gasteiger partial charge in [0.1, 0.15) is 4.90 Å². The first-order valence-electron chi connectivity index (χ1n) is 4.70. The number of aryl methyl sites for hydroxylation is 1. The standard InChI is InChI=1S/C8H9ClN6O2S/c1-15-12-8(11-14-15)13-18(16,17)7-3-2-5(10)4-6(7)9/h2-4H,10H2,1H3,(H,12,13). The third-order valence-electron chi connectivity index (χ3n) is 1.98. The van der Waals surface area contributed by atoms with Crippen LogP contribution in [0.5, 0.6) is 0 Å². The van der Waals surface area contributed by atoms with Crippen molar-refractivity contribution in [2.45, 2.75) is 4.90 Å². The summed E-state index contributed by atoms with van der Waals surface area (Å²) in [6.45, 7) is 0. The first-order valence-corrected chi connectivity index (χ1v) is 6.56. The van der Waals surface area contributed by atoms with Gasteiger partial charge < -0.3 is 5.73 Å². The molecule has 0 atom stereocenters. The minimum Gasteiger partial charge on any atom is -0.399 e. The summed E-state index contributed by atoms with van der Waals surface area (Å²) in [6, 6.07) is 4.08. The number of nitrogen functional groups attached to an aromatic ring is 1. The SMILES string of the molecule is Cn1nnc(NS(=O)(=O)c2ccc(N)cc2Cl)n1. The van der Waals surface area contributed by atoms with E-state index in [9.17, 15) is 8.42 Å². The van der Waals surface area contributed by atoms with E-state index < -0.39 is 10.0 Å². The number of rotatable bonds is 3. The van der Waals surface area contributed by atoms with Gasteiger partial charge in [-0.15, -0.1) is 5.10 Å². The molecule has 0 spiro atoms. The summed E-state index contributed by atoms with van der Waals surface area (Å²) in [4.78, 5) is 1.02. The van der Waals surface area contributed by atoms with Crippen molar-refractivity contribution in [1.29, 1.82) is 0 Å². The highest BCUT2D eigenvalue weighted by atomic mass is 35.5. The van der Waals surface area contributed by atoms with Crippen molar-refractivity contribution in [3.05, 3.63) is 23.2 Å². The van der Waals surface area contributed by atoms with E-state index in [1.807, 2.05) is 0 Å². The van der Waals surface area contributed by atoms with E-state index >= 15 is 0 Å². The molecule has 0 aliphatic heterocycles. The monoisotopic (exact) mass is 288 g/mol. The predicted molar refractivity (Wildman–Crippen MR) is 65.5 cm³/mol. The van der Waals surface area contributed by atoms with Crippen LogP contribution in [0.4, 0.5) is 11.6 Å². The van der Waals surface area contributed by atoms with Crippen LogP contribution in [-0.2, 0) is 17.1 Å². The summed E-state index contributed by atoms with van der Waals surface area (Å²) in [5, 5.41) is 10.7. The van der Waals surface area contributed by atoms with Crippen molar-refractivity contribution in [1.82, 2.24) is 20.2 Å². The molecule has 0 saturated carbocycles. The summed E-state index contributed by atoms with van der Waals surface area (Å²) in [5.41, 5.74) is 5.86. The average Bonchev–Trinajstić information content (AvgIpc) is 2.62. The molecular weight excluding hydrogens is 280 g/mol. The molecule has 0 fully saturated rings. The molecule has 1 aromatic carbocycles. The topological polar surface area (TPSA) is 116 Å². The fourth-order valence-corrected chi connectivity index (χ4v) is 2.72. The lowest BCUT2D eigenvalue weighted by atomic mass is 10.3. The molecule has 10 heteroatoms. The number of tetrazole rings is 1. The Balaban J connectivity index is 2.36. The highest BCUT2D eigenvalue weighted by Gasteiger charge is 2.20. The molecule has 1 heterocycles. The van der Waals surface area contributed by atoms with Crippen molar-refractivity contribution >= 4 is 33.3 Å². The summed E-state index contributed by atoms with van der Waals surface area (Å²) < 4.78 is 26.1. The van der Waals surface area contributed by atoms with Crippen LogP contribution >= 0.6 is 11.6 Å². The number of nitrogens with zero attached hydrogens (tertiary/aromatic N) is 4. The maximum atomic E-state index is 12.0. The average molecular weight is 289 g/mol. The Hall–Kier alpha value is -1.87. The molecule has 8 nitrogen and oxygen atoms in total. The first-order chi connectivity index (χ1) is 8.38. The van der Waals surface area contributed by atoms with Gasteiger partial charge in [-0.3, -0.25) is 0 Å². The zero-order valence-electron chi connectivity index (χ0n) is 9.20. The molecule has 0 bridgehead atoms. The minimum atomic E-state index is -3.86. The van der Waals surface area contributed by atoms with Crippen LogP contribution in [-0.4, -0.2) is 28.6 Å². The van der Waals surface area contributed by atoms with Gasteiger partial charge >= 0.3 is 0 Å². The van der Waals surface area contributed by atoms with Crippen LogP contribution in [0.2, 0.25) is 5.02 Å². The quantitative estimate of drug-likeness (QED) is 0.782. The fraction of sp³-hybridized carbons (Fsp3) is 0.125. The summed E-state index contributed by atoms with van der Waals surface area (Å²) in [6.07, 6.45) is 0. The molecule has 18 heavy (non-hydrogen) atoms. The molecule has 1 aromatic heterocycles. The number of hydrogen-bond acceptors (Lipinski definition) is 6. The Kier molecular flexibility index (Phi) is 3.09. The lowest BCUT2D eigenvalue weighted by molar-refractivity contribution is 0.600. The van der Waals surface area contributed by atoms with E-state index in [0.29, 0.717) is 5.69 Å². The van der Waals surface area contributed by atoms with E-state index in [1.165, 1.54) is 25.2 Å². The zero-order chi connectivity index (χ0) is 13.3. The van der Waals surface area contributed by atoms with Gasteiger partial charge in [0.25, 0.3) is 16.0 Å². The van der Waals surface area contributed by atoms with Gasteiger partial charge in [-0.05, 0) is 23.4 Å². The van der Waals surface area contributed by atoms with Gasteiger partial charge in [0, 0.05) is 5.69 Å². The second-order valence-corrected chi connectivity index (χ2v) is 5.46. The predicted octanol–water partition coefficient (Wildman–Crippen LogP) is 0.246. The lowest BCUT2D eigenvalue weighted by Gasteiger charge is -2.06. The van der Waals surface area contributed by atoms with E-state index in [2.05, 4.69) is 20.1 Å². The fourth-order valence-electron chi connectivity index (χ4n) is 1.24. The smallest absolute Gasteiger partial charge is 0.277 e. The molecular formula is C8H9ClN6O2S. The molecule has 3 N–H and O–H groups in total. The number of nitrogens with two attached hydrogens (primary N) is 1. The number of sulfonamides is 1. The lowest BCUT2D eigenvalue weighted by Crippen LogP contribution is -2.14. The van der Waals surface area contributed by atoms with Crippen LogP contribution in [0.1, 0.15) is 0 Å². The van der Waals surface area contributed by atoms with E-state index in [4.69, 9.17) is 17.3 Å². The van der Waals surface area contributed by atoms with Gasteiger partial charge in [-0.2, -0.15) is 4.80 Å². The maximum Gasteiger partial charge on any atom is 0.277 e. The Morgan fingerprint density at radius 2 is 2.17 bits per heavy atom. The molecule has 0 unspecified atom stereocenters. The number of halogens is 1. The van der Waals surface area contributed by atoms with Crippen molar-refractivity contribution in [2.24, 2.45) is 7.05 Å². The Labute approximate surface area is 108 Å². The van der Waals surface area contributed by atoms with Gasteiger partial charge in [-0.1, -0.05) is 16.7 Å². The third-order valence-corrected chi connectivity index (χ3v) is 3.79. The molecule has 0 aliphatic carbocycles. The van der Waals surface area contributed by atoms with Crippen molar-refractivity contribution in [2.75, 3.05) is 10.5 Å². The van der Waals surface area contributed by atoms with Crippen LogP contribution in [0.25, 0.3) is 0 Å². The van der Waals surface area contributed by atoms with Gasteiger partial charge in [-0.25, -0.2) is 13.1 Å². The third kappa shape index (κ3) is 2.51. The highest BCUT2D eigenvalue weighted by molar-refractivity contribution is 7.92. The summed E-state index contributed by atoms with van der Waals surface area (Å²) in [5.74, 6) is -0.134. The molecule has 0 aliphatic rings. The Morgan fingerprint density at radius 3 is 2.72 bits per heavy atom. The molecule has 2 aromatic rings. The number of nitrogens with one attached hydrogen (secondary N) is 1. The molecule has 2 rings (SSSR count). The molecule has 0 saturated heterocycles. The molecule has 0 radical (unpaired) electrons. The second kappa shape index (κ2) is 4.42. The van der Waals surface area contributed by atoms with E-state index in [1.54, 1.807) is 0 Å². The second-order valence-electron chi connectivity index (χ2n) is 3.40. The largest absolute Gasteiger partial charge is 0.399 e. The van der Waals surface area contributed by atoms with Gasteiger partial charge in [0.2, 0.25) is 0 Å². The molecule has 0 amide bonds. The Morgan fingerprint density at radius 1 is 1.44 bits per heavy atom. The van der Waals surface area contributed by atoms with Gasteiger partial charge in [0.15, 0.2) is 0 Å². The van der Waals surface area contributed by atoms with Crippen LogP contribution in [0, 0.1) is 0 Å². The highest BCUT2D eigenvalue weighted by Crippen LogP contribution is 2.24. The molecule has 96 valence electrons. The van der Waals surface area contributed by atoms with Gasteiger partial charge in [0.05, 0.1) is 12.1 Å². The first kappa shape index (κ1) is 12.6. The van der Waals surface area contributed by atoms with Crippen molar-refractivity contribution in [3.8, 4) is 0 Å². The number of aromatic nitrogens is 4. The van der Waals surface area contributed by atoms with Crippen LogP contribution in [0.15, 0.2) is 23.1 Å². The van der Waals surface area contributed by atoms with E-state index in [-0.39, 0.29) is 15.9 Å². The zero-order valence-corrected chi connectivity index (χ0v) is 10.8. The maximum absolute atomic E-state index is 12.0. The normalized spacial score (nSPS) is 11.4. The number of benzene rings is 1. The Bertz CT molecular complexity index is 683. The summed E-state index contributed by atoms with van der Waals surface area (Å²) >= 11 is 5.82. The van der Waals surface area contributed by atoms with E-state index in [0.717, 1.165) is 4.80 Å². The van der Waals surface area contributed by atoms with Crippen molar-refractivity contribution in [3.63, 3.8) is 0 Å². The van der Waals surface area contributed by atoms with Crippen molar-refractivity contribution < 1.29 is 8.42 Å².